The van der Waals surface area contributed by atoms with E-state index >= 15 is 0 Å². The third-order valence-corrected chi connectivity index (χ3v) is 4.06. The Labute approximate surface area is 125 Å². The van der Waals surface area contributed by atoms with Gasteiger partial charge in [-0.15, -0.1) is 0 Å². The molecule has 1 aliphatic rings. The van der Waals surface area contributed by atoms with Gasteiger partial charge in [0.15, 0.2) is 0 Å². The van der Waals surface area contributed by atoms with Gasteiger partial charge in [0.05, 0.1) is 12.5 Å². The number of benzene rings is 1. The molecule has 2 unspecified atom stereocenters. The summed E-state index contributed by atoms with van der Waals surface area (Å²) in [5.74, 6) is 1.36. The lowest BCUT2D eigenvalue weighted by atomic mass is 9.96. The van der Waals surface area contributed by atoms with Gasteiger partial charge in [-0.1, -0.05) is 33.2 Å². The van der Waals surface area contributed by atoms with Gasteiger partial charge in [0, 0.05) is 22.7 Å². The van der Waals surface area contributed by atoms with Crippen molar-refractivity contribution in [2.75, 3.05) is 20.3 Å². The van der Waals surface area contributed by atoms with Crippen LogP contribution in [0.2, 0.25) is 0 Å². The van der Waals surface area contributed by atoms with Crippen molar-refractivity contribution in [1.82, 2.24) is 15.5 Å². The fraction of sp³-hybridized carbons (Fsp3) is 0.429. The Morgan fingerprint density at radius 1 is 1.40 bits per heavy atom. The minimum atomic E-state index is 0.113. The molecule has 2 aromatic rings. The number of hydrogen-bond donors (Lipinski definition) is 1. The monoisotopic (exact) mass is 337 g/mol. The van der Waals surface area contributed by atoms with Gasteiger partial charge >= 0.3 is 0 Å². The van der Waals surface area contributed by atoms with Crippen molar-refractivity contribution >= 4 is 15.9 Å². The molecule has 1 fully saturated rings. The molecule has 0 spiro atoms. The SMILES string of the molecule is CNC1CCOCC1c1nc(-c2cccc(Br)c2)no1. The van der Waals surface area contributed by atoms with Crippen LogP contribution in [0.4, 0.5) is 0 Å². The smallest absolute Gasteiger partial charge is 0.233 e. The zero-order valence-corrected chi connectivity index (χ0v) is 12.8. The molecule has 1 aliphatic heterocycles. The fourth-order valence-electron chi connectivity index (χ4n) is 2.46. The molecule has 0 aliphatic carbocycles. The Bertz CT molecular complexity index is 587. The van der Waals surface area contributed by atoms with Crippen LogP contribution in [0.3, 0.4) is 0 Å². The number of halogens is 1. The zero-order valence-electron chi connectivity index (χ0n) is 11.2. The molecule has 0 amide bonds. The van der Waals surface area contributed by atoms with Gasteiger partial charge in [-0.25, -0.2) is 0 Å². The van der Waals surface area contributed by atoms with Crippen LogP contribution in [-0.4, -0.2) is 36.4 Å². The number of hydrogen-bond acceptors (Lipinski definition) is 5. The van der Waals surface area contributed by atoms with Crippen LogP contribution >= 0.6 is 15.9 Å². The highest BCUT2D eigenvalue weighted by molar-refractivity contribution is 9.10. The lowest BCUT2D eigenvalue weighted by molar-refractivity contribution is 0.0516. The summed E-state index contributed by atoms with van der Waals surface area (Å²) in [6.07, 6.45) is 0.954. The molecule has 2 atom stereocenters. The Morgan fingerprint density at radius 3 is 3.10 bits per heavy atom. The Hall–Kier alpha value is -1.24. The molecule has 3 rings (SSSR count). The molecule has 6 heteroatoms. The number of rotatable bonds is 3. The number of nitrogens with zero attached hydrogens (tertiary/aromatic N) is 2. The van der Waals surface area contributed by atoms with Crippen molar-refractivity contribution in [2.45, 2.75) is 18.4 Å². The van der Waals surface area contributed by atoms with Crippen molar-refractivity contribution in [1.29, 1.82) is 0 Å². The second-order valence-corrected chi connectivity index (χ2v) is 5.75. The van der Waals surface area contributed by atoms with E-state index in [1.807, 2.05) is 31.3 Å². The second kappa shape index (κ2) is 6.03. The van der Waals surface area contributed by atoms with E-state index in [0.29, 0.717) is 24.4 Å². The molecule has 0 bridgehead atoms. The van der Waals surface area contributed by atoms with Crippen molar-refractivity contribution in [3.05, 3.63) is 34.6 Å². The molecule has 1 aromatic heterocycles. The molecule has 106 valence electrons. The van der Waals surface area contributed by atoms with Gasteiger partial charge in [-0.3, -0.25) is 0 Å². The number of likely N-dealkylation sites (N-methyl/N-ethyl adjacent to an activating group) is 1. The van der Waals surface area contributed by atoms with Crippen LogP contribution in [0.1, 0.15) is 18.2 Å². The molecule has 5 nitrogen and oxygen atoms in total. The van der Waals surface area contributed by atoms with Crippen molar-refractivity contribution in [2.24, 2.45) is 0 Å². The Kier molecular flexibility index (Phi) is 4.14. The third-order valence-electron chi connectivity index (χ3n) is 3.57. The van der Waals surface area contributed by atoms with Crippen molar-refractivity contribution in [3.8, 4) is 11.4 Å². The summed E-state index contributed by atoms with van der Waals surface area (Å²) >= 11 is 3.45. The molecule has 2 heterocycles. The van der Waals surface area contributed by atoms with E-state index in [1.54, 1.807) is 0 Å². The summed E-state index contributed by atoms with van der Waals surface area (Å²) in [5, 5.41) is 7.38. The molecule has 1 N–H and O–H groups in total. The number of ether oxygens (including phenoxy) is 1. The number of aromatic nitrogens is 2. The number of nitrogens with one attached hydrogen (secondary N) is 1. The van der Waals surface area contributed by atoms with Gasteiger partial charge in [0.2, 0.25) is 11.7 Å². The maximum atomic E-state index is 5.53. The molecular formula is C14H16BrN3O2. The second-order valence-electron chi connectivity index (χ2n) is 4.83. The van der Waals surface area contributed by atoms with E-state index in [1.165, 1.54) is 0 Å². The highest BCUT2D eigenvalue weighted by atomic mass is 79.9. The maximum absolute atomic E-state index is 5.53. The first-order valence-corrected chi connectivity index (χ1v) is 7.42. The summed E-state index contributed by atoms with van der Waals surface area (Å²) < 4.78 is 12.0. The summed E-state index contributed by atoms with van der Waals surface area (Å²) in [5.41, 5.74) is 0.937. The highest BCUT2D eigenvalue weighted by Gasteiger charge is 2.30. The predicted octanol–water partition coefficient (Wildman–Crippen LogP) is 2.59. The lowest BCUT2D eigenvalue weighted by Crippen LogP contribution is -2.39. The van der Waals surface area contributed by atoms with Gasteiger partial charge in [-0.2, -0.15) is 4.98 Å². The van der Waals surface area contributed by atoms with E-state index < -0.39 is 0 Å². The van der Waals surface area contributed by atoms with E-state index in [0.717, 1.165) is 23.1 Å². The normalized spacial score (nSPS) is 22.9. The summed E-state index contributed by atoms with van der Waals surface area (Å²) in [6.45, 7) is 1.39. The minimum Gasteiger partial charge on any atom is -0.381 e. The van der Waals surface area contributed by atoms with Gasteiger partial charge in [0.25, 0.3) is 0 Å². The van der Waals surface area contributed by atoms with E-state index in [2.05, 4.69) is 31.4 Å². The Balaban J connectivity index is 1.86. The molecule has 0 radical (unpaired) electrons. The first-order chi connectivity index (χ1) is 9.78. The first-order valence-electron chi connectivity index (χ1n) is 6.62. The fourth-order valence-corrected chi connectivity index (χ4v) is 2.86. The zero-order chi connectivity index (χ0) is 13.9. The maximum Gasteiger partial charge on any atom is 0.233 e. The van der Waals surface area contributed by atoms with Gasteiger partial charge in [0.1, 0.15) is 0 Å². The lowest BCUT2D eigenvalue weighted by Gasteiger charge is -2.28. The summed E-state index contributed by atoms with van der Waals surface area (Å²) in [7, 11) is 1.95. The quantitative estimate of drug-likeness (QED) is 0.932. The largest absolute Gasteiger partial charge is 0.381 e. The van der Waals surface area contributed by atoms with E-state index in [-0.39, 0.29) is 5.92 Å². The standard InChI is InChI=1S/C14H16BrN3O2/c1-16-12-5-6-19-8-11(12)14-17-13(18-20-14)9-3-2-4-10(15)7-9/h2-4,7,11-12,16H,5-6,8H2,1H3. The minimum absolute atomic E-state index is 0.113. The van der Waals surface area contributed by atoms with Crippen molar-refractivity contribution < 1.29 is 9.26 Å². The summed E-state index contributed by atoms with van der Waals surface area (Å²) in [4.78, 5) is 4.52. The van der Waals surface area contributed by atoms with Crippen molar-refractivity contribution in [3.63, 3.8) is 0 Å². The summed E-state index contributed by atoms with van der Waals surface area (Å²) in [6, 6.07) is 8.18. The predicted molar refractivity (Wildman–Crippen MR) is 78.5 cm³/mol. The van der Waals surface area contributed by atoms with E-state index in [4.69, 9.17) is 9.26 Å². The Morgan fingerprint density at radius 2 is 2.30 bits per heavy atom. The van der Waals surface area contributed by atoms with Crippen LogP contribution in [0.25, 0.3) is 11.4 Å². The molecule has 1 aromatic carbocycles. The van der Waals surface area contributed by atoms with Crippen LogP contribution in [0.15, 0.2) is 33.3 Å². The average molecular weight is 338 g/mol. The van der Waals surface area contributed by atoms with Gasteiger partial charge in [-0.05, 0) is 25.6 Å². The van der Waals surface area contributed by atoms with Crippen LogP contribution in [-0.2, 0) is 4.74 Å². The molecular weight excluding hydrogens is 322 g/mol. The van der Waals surface area contributed by atoms with Crippen LogP contribution in [0.5, 0.6) is 0 Å². The topological polar surface area (TPSA) is 60.2 Å². The molecule has 1 saturated heterocycles. The molecule has 0 saturated carbocycles. The molecule has 20 heavy (non-hydrogen) atoms. The van der Waals surface area contributed by atoms with Crippen LogP contribution < -0.4 is 5.32 Å². The van der Waals surface area contributed by atoms with E-state index in [9.17, 15) is 0 Å². The average Bonchev–Trinajstić information content (AvgIpc) is 2.97. The first kappa shape index (κ1) is 13.7. The highest BCUT2D eigenvalue weighted by Crippen LogP contribution is 2.27. The van der Waals surface area contributed by atoms with Crippen LogP contribution in [0, 0.1) is 0 Å². The third kappa shape index (κ3) is 2.77. The van der Waals surface area contributed by atoms with Gasteiger partial charge < -0.3 is 14.6 Å².